The molecule has 0 bridgehead atoms. The Labute approximate surface area is 149 Å². The topological polar surface area (TPSA) is 49.8 Å². The molecule has 1 aliphatic rings. The number of nitrogens with zero attached hydrogens (tertiary/aromatic N) is 1. The van der Waals surface area contributed by atoms with Crippen LogP contribution >= 0.6 is 0 Å². The van der Waals surface area contributed by atoms with Crippen molar-refractivity contribution < 1.29 is 14.6 Å². The van der Waals surface area contributed by atoms with Crippen LogP contribution in [0.5, 0.6) is 5.75 Å². The minimum absolute atomic E-state index is 0.308. The molecular formula is C21H25NO3. The molecule has 25 heavy (non-hydrogen) atoms. The Balaban J connectivity index is 1.41. The van der Waals surface area contributed by atoms with Gasteiger partial charge in [0.2, 0.25) is 0 Å². The maximum atomic E-state index is 11.2. The van der Waals surface area contributed by atoms with Gasteiger partial charge in [0.25, 0.3) is 0 Å². The molecule has 1 atom stereocenters. The van der Waals surface area contributed by atoms with Crippen LogP contribution < -0.4 is 4.74 Å². The van der Waals surface area contributed by atoms with Gasteiger partial charge in [0.15, 0.2) is 0 Å². The van der Waals surface area contributed by atoms with Crippen molar-refractivity contribution in [2.45, 2.75) is 31.7 Å². The lowest BCUT2D eigenvalue weighted by Gasteiger charge is -2.20. The average molecular weight is 339 g/mol. The lowest BCUT2D eigenvalue weighted by Crippen LogP contribution is -2.36. The van der Waals surface area contributed by atoms with Crippen LogP contribution in [0.1, 0.15) is 30.4 Å². The highest BCUT2D eigenvalue weighted by atomic mass is 16.5. The molecule has 1 aliphatic heterocycles. The van der Waals surface area contributed by atoms with Gasteiger partial charge in [-0.05, 0) is 55.5 Å². The maximum absolute atomic E-state index is 11.2. The van der Waals surface area contributed by atoms with E-state index in [9.17, 15) is 9.90 Å². The Morgan fingerprint density at radius 2 is 1.80 bits per heavy atom. The summed E-state index contributed by atoms with van der Waals surface area (Å²) in [7, 11) is 0. The van der Waals surface area contributed by atoms with Gasteiger partial charge in [-0.1, -0.05) is 42.5 Å². The number of hydrogen-bond donors (Lipinski definition) is 1. The Hall–Kier alpha value is -2.33. The van der Waals surface area contributed by atoms with Gasteiger partial charge in [0.1, 0.15) is 11.8 Å². The number of hydrogen-bond acceptors (Lipinski definition) is 3. The Morgan fingerprint density at radius 3 is 2.52 bits per heavy atom. The molecule has 1 N–H and O–H groups in total. The minimum Gasteiger partial charge on any atom is -0.494 e. The molecule has 2 aromatic rings. The third-order valence-corrected chi connectivity index (χ3v) is 4.68. The molecule has 0 aromatic heterocycles. The van der Waals surface area contributed by atoms with E-state index in [2.05, 4.69) is 41.3 Å². The first-order valence-electron chi connectivity index (χ1n) is 8.95. The molecule has 0 aliphatic carbocycles. The highest BCUT2D eigenvalue weighted by Crippen LogP contribution is 2.18. The van der Waals surface area contributed by atoms with E-state index in [1.54, 1.807) is 0 Å². The van der Waals surface area contributed by atoms with Crippen molar-refractivity contribution in [3.05, 3.63) is 65.7 Å². The molecule has 1 heterocycles. The predicted octanol–water partition coefficient (Wildman–Crippen LogP) is 3.60. The molecule has 132 valence electrons. The summed E-state index contributed by atoms with van der Waals surface area (Å²) < 4.78 is 5.79. The highest BCUT2D eigenvalue weighted by molar-refractivity contribution is 5.73. The van der Waals surface area contributed by atoms with Crippen LogP contribution in [0.25, 0.3) is 0 Å². The third-order valence-electron chi connectivity index (χ3n) is 4.68. The molecule has 3 rings (SSSR count). The summed E-state index contributed by atoms with van der Waals surface area (Å²) in [5, 5.41) is 9.18. The lowest BCUT2D eigenvalue weighted by molar-refractivity contribution is -0.142. The predicted molar refractivity (Wildman–Crippen MR) is 98.0 cm³/mol. The molecule has 0 unspecified atom stereocenters. The van der Waals surface area contributed by atoms with Gasteiger partial charge >= 0.3 is 5.97 Å². The number of carbonyl (C=O) groups is 1. The van der Waals surface area contributed by atoms with Crippen LogP contribution in [-0.4, -0.2) is 41.7 Å². The van der Waals surface area contributed by atoms with Gasteiger partial charge in [-0.3, -0.25) is 9.69 Å². The Morgan fingerprint density at radius 1 is 1.08 bits per heavy atom. The van der Waals surface area contributed by atoms with Crippen LogP contribution in [0.15, 0.2) is 54.6 Å². The summed E-state index contributed by atoms with van der Waals surface area (Å²) in [5.74, 6) is 0.167. The van der Waals surface area contributed by atoms with Crippen LogP contribution in [0.2, 0.25) is 0 Å². The van der Waals surface area contributed by atoms with E-state index >= 15 is 0 Å². The number of likely N-dealkylation sites (tertiary alicyclic amines) is 1. The van der Waals surface area contributed by atoms with E-state index in [1.807, 2.05) is 18.2 Å². The van der Waals surface area contributed by atoms with E-state index in [1.165, 1.54) is 11.1 Å². The zero-order valence-corrected chi connectivity index (χ0v) is 14.4. The molecule has 1 saturated heterocycles. The van der Waals surface area contributed by atoms with Crippen LogP contribution in [-0.2, 0) is 11.2 Å². The largest absolute Gasteiger partial charge is 0.494 e. The van der Waals surface area contributed by atoms with Crippen molar-refractivity contribution in [1.82, 2.24) is 4.90 Å². The SMILES string of the molecule is O=C(O)[C@@H]1CCCN1CCCOc1ccc(Cc2ccccc2)cc1. The van der Waals surface area contributed by atoms with E-state index in [0.717, 1.165) is 44.5 Å². The molecule has 4 nitrogen and oxygen atoms in total. The van der Waals surface area contributed by atoms with Crippen LogP contribution in [0.3, 0.4) is 0 Å². The summed E-state index contributed by atoms with van der Waals surface area (Å²) >= 11 is 0. The summed E-state index contributed by atoms with van der Waals surface area (Å²) in [4.78, 5) is 13.2. The molecule has 0 spiro atoms. The van der Waals surface area contributed by atoms with Crippen LogP contribution in [0.4, 0.5) is 0 Å². The average Bonchev–Trinajstić information content (AvgIpc) is 3.10. The van der Waals surface area contributed by atoms with E-state index < -0.39 is 5.97 Å². The minimum atomic E-state index is -0.701. The third kappa shape index (κ3) is 5.07. The lowest BCUT2D eigenvalue weighted by atomic mass is 10.1. The van der Waals surface area contributed by atoms with Crippen molar-refractivity contribution in [1.29, 1.82) is 0 Å². The number of benzene rings is 2. The Bertz CT molecular complexity index is 669. The molecule has 1 fully saturated rings. The molecule has 4 heteroatoms. The highest BCUT2D eigenvalue weighted by Gasteiger charge is 2.29. The van der Waals surface area contributed by atoms with Gasteiger partial charge in [0, 0.05) is 6.54 Å². The first-order valence-corrected chi connectivity index (χ1v) is 8.95. The van der Waals surface area contributed by atoms with Gasteiger partial charge in [-0.25, -0.2) is 0 Å². The second-order valence-electron chi connectivity index (χ2n) is 6.54. The van der Waals surface area contributed by atoms with E-state index in [0.29, 0.717) is 6.61 Å². The van der Waals surface area contributed by atoms with Gasteiger partial charge in [0.05, 0.1) is 6.61 Å². The fourth-order valence-corrected chi connectivity index (χ4v) is 3.37. The second kappa shape index (κ2) is 8.67. The summed E-state index contributed by atoms with van der Waals surface area (Å²) in [6, 6.07) is 18.3. The normalized spacial score (nSPS) is 17.5. The van der Waals surface area contributed by atoms with Crippen molar-refractivity contribution in [3.63, 3.8) is 0 Å². The number of ether oxygens (including phenoxy) is 1. The first kappa shape index (κ1) is 17.5. The number of aliphatic carboxylic acids is 1. The molecule has 0 saturated carbocycles. The second-order valence-corrected chi connectivity index (χ2v) is 6.54. The summed E-state index contributed by atoms with van der Waals surface area (Å²) in [5.41, 5.74) is 2.56. The van der Waals surface area contributed by atoms with Gasteiger partial charge in [-0.15, -0.1) is 0 Å². The molecule has 2 aromatic carbocycles. The summed E-state index contributed by atoms with van der Waals surface area (Å²) in [6.45, 7) is 2.27. The molecule has 0 amide bonds. The number of carboxylic acid groups (broad SMARTS) is 1. The number of carboxylic acids is 1. The van der Waals surface area contributed by atoms with Crippen molar-refractivity contribution in [3.8, 4) is 5.75 Å². The Kier molecular flexibility index (Phi) is 6.07. The fourth-order valence-electron chi connectivity index (χ4n) is 3.37. The van der Waals surface area contributed by atoms with E-state index in [4.69, 9.17) is 4.74 Å². The van der Waals surface area contributed by atoms with Crippen LogP contribution in [0, 0.1) is 0 Å². The number of rotatable bonds is 8. The van der Waals surface area contributed by atoms with E-state index in [-0.39, 0.29) is 6.04 Å². The van der Waals surface area contributed by atoms with Crippen molar-refractivity contribution in [2.75, 3.05) is 19.7 Å². The zero-order valence-electron chi connectivity index (χ0n) is 14.4. The van der Waals surface area contributed by atoms with Gasteiger partial charge in [-0.2, -0.15) is 0 Å². The monoisotopic (exact) mass is 339 g/mol. The van der Waals surface area contributed by atoms with Crippen molar-refractivity contribution in [2.24, 2.45) is 0 Å². The smallest absolute Gasteiger partial charge is 0.320 e. The quantitative estimate of drug-likeness (QED) is 0.747. The fraction of sp³-hybridized carbons (Fsp3) is 0.381. The summed E-state index contributed by atoms with van der Waals surface area (Å²) in [6.07, 6.45) is 3.50. The zero-order chi connectivity index (χ0) is 17.5. The maximum Gasteiger partial charge on any atom is 0.320 e. The molecular weight excluding hydrogens is 314 g/mol. The standard InChI is InChI=1S/C21H25NO3/c23-21(24)20-8-4-13-22(20)14-5-15-25-19-11-9-18(10-12-19)16-17-6-2-1-3-7-17/h1-3,6-7,9-12,20H,4-5,8,13-16H2,(H,23,24)/t20-/m0/s1. The molecule has 0 radical (unpaired) electrons. The van der Waals surface area contributed by atoms with Gasteiger partial charge < -0.3 is 9.84 Å². The van der Waals surface area contributed by atoms with Crippen molar-refractivity contribution >= 4 is 5.97 Å². The first-order chi connectivity index (χ1) is 12.2.